The number of hydrogen-bond acceptors (Lipinski definition) is 4. The van der Waals surface area contributed by atoms with Crippen LogP contribution in [0, 0.1) is 15.9 Å². The summed E-state index contributed by atoms with van der Waals surface area (Å²) in [6.07, 6.45) is 0.0255. The molecule has 1 aromatic rings. The predicted octanol–water partition coefficient (Wildman–Crippen LogP) is 1.25. The van der Waals surface area contributed by atoms with Crippen molar-refractivity contribution in [3.8, 4) is 5.75 Å². The Bertz CT molecular complexity index is 377. The van der Waals surface area contributed by atoms with Crippen LogP contribution in [0.2, 0.25) is 0 Å². The number of phenols is 1. The van der Waals surface area contributed by atoms with Gasteiger partial charge in [0, 0.05) is 6.07 Å². The summed E-state index contributed by atoms with van der Waals surface area (Å²) in [6, 6.07) is 1.54. The molecule has 5 nitrogen and oxygen atoms in total. The molecule has 0 spiro atoms. The number of aldehydes is 1. The number of phenolic OH excluding ortho intramolecular Hbond substituents is 1. The molecule has 68 valence electrons. The highest BCUT2D eigenvalue weighted by molar-refractivity contribution is 5.82. The maximum Gasteiger partial charge on any atom is 0.311 e. The number of hydrogen-bond donors (Lipinski definition) is 1. The molecule has 0 amide bonds. The van der Waals surface area contributed by atoms with Crippen LogP contribution in [-0.2, 0) is 0 Å². The first-order valence-corrected chi connectivity index (χ1v) is 3.19. The molecular weight excluding hydrogens is 181 g/mol. The number of carbonyl (C=O) groups excluding carboxylic acids is 1. The number of nitro groups is 1. The van der Waals surface area contributed by atoms with Crippen molar-refractivity contribution < 1.29 is 19.2 Å². The van der Waals surface area contributed by atoms with Crippen molar-refractivity contribution in [2.24, 2.45) is 0 Å². The van der Waals surface area contributed by atoms with E-state index < -0.39 is 27.7 Å². The van der Waals surface area contributed by atoms with Gasteiger partial charge in [-0.1, -0.05) is 0 Å². The van der Waals surface area contributed by atoms with Crippen molar-refractivity contribution in [2.45, 2.75) is 0 Å². The van der Waals surface area contributed by atoms with Gasteiger partial charge in [0.25, 0.3) is 0 Å². The topological polar surface area (TPSA) is 80.4 Å². The molecule has 0 aromatic heterocycles. The van der Waals surface area contributed by atoms with E-state index in [0.29, 0.717) is 0 Å². The highest BCUT2D eigenvalue weighted by Gasteiger charge is 2.19. The normalized spacial score (nSPS) is 9.62. The van der Waals surface area contributed by atoms with Gasteiger partial charge in [-0.05, 0) is 6.07 Å². The summed E-state index contributed by atoms with van der Waals surface area (Å²) in [6.45, 7) is 0. The lowest BCUT2D eigenvalue weighted by atomic mass is 10.2. The van der Waals surface area contributed by atoms with E-state index in [-0.39, 0.29) is 6.29 Å². The minimum atomic E-state index is -0.988. The first-order valence-electron chi connectivity index (χ1n) is 3.19. The zero-order valence-electron chi connectivity index (χ0n) is 6.23. The number of nitrogens with zero attached hydrogens (tertiary/aromatic N) is 1. The second-order valence-corrected chi connectivity index (χ2v) is 2.20. The van der Waals surface area contributed by atoms with E-state index in [1.54, 1.807) is 0 Å². The Labute approximate surface area is 71.6 Å². The number of aromatic hydroxyl groups is 1. The smallest absolute Gasteiger partial charge is 0.311 e. The largest absolute Gasteiger partial charge is 0.502 e. The molecule has 13 heavy (non-hydrogen) atoms. The van der Waals surface area contributed by atoms with E-state index in [1.807, 2.05) is 0 Å². The molecule has 0 aliphatic rings. The summed E-state index contributed by atoms with van der Waals surface area (Å²) >= 11 is 0. The van der Waals surface area contributed by atoms with E-state index in [0.717, 1.165) is 12.1 Å². The fraction of sp³-hybridized carbons (Fsp3) is 0. The van der Waals surface area contributed by atoms with Gasteiger partial charge >= 0.3 is 5.69 Å². The molecule has 1 N–H and O–H groups in total. The van der Waals surface area contributed by atoms with Gasteiger partial charge in [0.15, 0.2) is 6.29 Å². The van der Waals surface area contributed by atoms with Gasteiger partial charge in [0.05, 0.1) is 10.5 Å². The fourth-order valence-corrected chi connectivity index (χ4v) is 0.831. The average molecular weight is 185 g/mol. The van der Waals surface area contributed by atoms with E-state index >= 15 is 0 Å². The van der Waals surface area contributed by atoms with Gasteiger partial charge in [0.2, 0.25) is 5.75 Å². The third-order valence-electron chi connectivity index (χ3n) is 1.46. The number of benzene rings is 1. The summed E-state index contributed by atoms with van der Waals surface area (Å²) in [5.74, 6) is -1.93. The van der Waals surface area contributed by atoms with Crippen LogP contribution < -0.4 is 0 Å². The Morgan fingerprint density at radius 2 is 2.15 bits per heavy atom. The minimum Gasteiger partial charge on any atom is -0.502 e. The van der Waals surface area contributed by atoms with E-state index in [4.69, 9.17) is 5.11 Å². The van der Waals surface area contributed by atoms with Crippen LogP contribution >= 0.6 is 0 Å². The monoisotopic (exact) mass is 185 g/mol. The maximum atomic E-state index is 12.7. The van der Waals surface area contributed by atoms with Crippen LogP contribution in [-0.4, -0.2) is 16.3 Å². The van der Waals surface area contributed by atoms with Gasteiger partial charge in [-0.2, -0.15) is 0 Å². The third kappa shape index (κ3) is 1.46. The van der Waals surface area contributed by atoms with E-state index in [2.05, 4.69) is 0 Å². The van der Waals surface area contributed by atoms with Crippen molar-refractivity contribution in [3.63, 3.8) is 0 Å². The van der Waals surface area contributed by atoms with Gasteiger partial charge in [-0.25, -0.2) is 4.39 Å². The van der Waals surface area contributed by atoms with Gasteiger partial charge < -0.3 is 5.11 Å². The highest BCUT2D eigenvalue weighted by Crippen LogP contribution is 2.29. The Morgan fingerprint density at radius 1 is 1.54 bits per heavy atom. The maximum absolute atomic E-state index is 12.7. The van der Waals surface area contributed by atoms with Crippen molar-refractivity contribution in [1.82, 2.24) is 0 Å². The molecule has 0 fully saturated rings. The standard InChI is InChI=1S/C7H4FNO4/c8-5-1-2-6(9(12)13)7(11)4(5)3-10/h1-3,11H. The molecule has 0 aliphatic heterocycles. The fourth-order valence-electron chi connectivity index (χ4n) is 0.831. The summed E-state index contributed by atoms with van der Waals surface area (Å²) in [4.78, 5) is 19.5. The second kappa shape index (κ2) is 3.18. The first kappa shape index (κ1) is 9.11. The van der Waals surface area contributed by atoms with Crippen LogP contribution in [0.5, 0.6) is 5.75 Å². The minimum absolute atomic E-state index is 0.0255. The molecular formula is C7H4FNO4. The van der Waals surface area contributed by atoms with Gasteiger partial charge in [-0.3, -0.25) is 14.9 Å². The Hall–Kier alpha value is -1.98. The van der Waals surface area contributed by atoms with E-state index in [9.17, 15) is 19.3 Å². The summed E-state index contributed by atoms with van der Waals surface area (Å²) in [5, 5.41) is 19.2. The van der Waals surface area contributed by atoms with Crippen LogP contribution in [0.25, 0.3) is 0 Å². The molecule has 0 bridgehead atoms. The second-order valence-electron chi connectivity index (χ2n) is 2.20. The summed E-state index contributed by atoms with van der Waals surface area (Å²) in [7, 11) is 0. The Balaban J connectivity index is 3.44. The lowest BCUT2D eigenvalue weighted by Gasteiger charge is -1.98. The predicted molar refractivity (Wildman–Crippen MR) is 40.1 cm³/mol. The lowest BCUT2D eigenvalue weighted by Crippen LogP contribution is -1.94. The molecule has 0 heterocycles. The molecule has 0 atom stereocenters. The number of nitro benzene ring substituents is 1. The van der Waals surface area contributed by atoms with E-state index in [1.165, 1.54) is 0 Å². The molecule has 0 unspecified atom stereocenters. The Kier molecular flexibility index (Phi) is 2.23. The molecule has 1 aromatic carbocycles. The zero-order chi connectivity index (χ0) is 10.0. The summed E-state index contributed by atoms with van der Waals surface area (Å²) < 4.78 is 12.7. The van der Waals surface area contributed by atoms with Crippen molar-refractivity contribution >= 4 is 12.0 Å². The number of halogens is 1. The SMILES string of the molecule is O=Cc1c(F)ccc([N+](=O)[O-])c1O. The Morgan fingerprint density at radius 3 is 2.62 bits per heavy atom. The van der Waals surface area contributed by atoms with Crippen LogP contribution in [0.4, 0.5) is 10.1 Å². The lowest BCUT2D eigenvalue weighted by molar-refractivity contribution is -0.385. The average Bonchev–Trinajstić information content (AvgIpc) is 2.04. The number of rotatable bonds is 2. The molecule has 0 saturated carbocycles. The molecule has 6 heteroatoms. The molecule has 0 aliphatic carbocycles. The molecule has 0 radical (unpaired) electrons. The van der Waals surface area contributed by atoms with Gasteiger partial charge in [-0.15, -0.1) is 0 Å². The summed E-state index contributed by atoms with van der Waals surface area (Å²) in [5.41, 5.74) is -1.39. The van der Waals surface area contributed by atoms with Crippen molar-refractivity contribution in [2.75, 3.05) is 0 Å². The zero-order valence-corrected chi connectivity index (χ0v) is 6.23. The molecule has 0 saturated heterocycles. The van der Waals surface area contributed by atoms with Gasteiger partial charge in [0.1, 0.15) is 5.82 Å². The van der Waals surface area contributed by atoms with Crippen molar-refractivity contribution in [1.29, 1.82) is 0 Å². The highest BCUT2D eigenvalue weighted by atomic mass is 19.1. The third-order valence-corrected chi connectivity index (χ3v) is 1.46. The quantitative estimate of drug-likeness (QED) is 0.427. The number of carbonyl (C=O) groups is 1. The first-order chi connectivity index (χ1) is 6.07. The van der Waals surface area contributed by atoms with Crippen LogP contribution in [0.1, 0.15) is 10.4 Å². The van der Waals surface area contributed by atoms with Crippen molar-refractivity contribution in [3.05, 3.63) is 33.6 Å². The molecule has 1 rings (SSSR count). The van der Waals surface area contributed by atoms with Crippen LogP contribution in [0.15, 0.2) is 12.1 Å². The van der Waals surface area contributed by atoms with Crippen LogP contribution in [0.3, 0.4) is 0 Å².